The highest BCUT2D eigenvalue weighted by atomic mass is 31.2. The van der Waals surface area contributed by atoms with Crippen LogP contribution in [0.4, 0.5) is 0 Å². The number of unbranched alkanes of at least 4 members (excludes halogenated alkanes) is 10. The number of hydrogen-bond donors (Lipinski definition) is 9. The summed E-state index contributed by atoms with van der Waals surface area (Å²) in [6.45, 7) is 4.07. The molecule has 1 heterocycles. The largest absolute Gasteiger partial charge is 0.472 e. The molecule has 1 saturated heterocycles. The minimum atomic E-state index is -5.07. The number of phosphoric acid groups is 1. The Morgan fingerprint density at radius 1 is 0.708 bits per heavy atom. The highest BCUT2D eigenvalue weighted by Crippen LogP contribution is 2.48. The van der Waals surface area contributed by atoms with Crippen molar-refractivity contribution in [3.63, 3.8) is 0 Å². The Hall–Kier alpha value is -0.370. The number of aliphatic hydroxyl groups excluding tert-OH is 7. The Balaban J connectivity index is 2.05. The highest BCUT2D eigenvalue weighted by molar-refractivity contribution is 7.47. The van der Waals surface area contributed by atoms with Crippen molar-refractivity contribution in [3.8, 4) is 0 Å². The molecule has 0 radical (unpaired) electrons. The number of nitrogens with two attached hydrogens (primary N) is 1. The summed E-state index contributed by atoms with van der Waals surface area (Å²) < 4.78 is 46.3. The molecule has 48 heavy (non-hydrogen) atoms. The first-order chi connectivity index (χ1) is 22.9. The predicted molar refractivity (Wildman–Crippen MR) is 173 cm³/mol. The summed E-state index contributed by atoms with van der Waals surface area (Å²) in [5.74, 6) is 0. The van der Waals surface area contributed by atoms with E-state index in [4.69, 9.17) is 33.7 Å². The van der Waals surface area contributed by atoms with E-state index < -0.39 is 94.4 Å². The monoisotopic (exact) mass is 719 g/mol. The molecule has 1 aliphatic heterocycles. The third kappa shape index (κ3) is 14.3. The van der Waals surface area contributed by atoms with E-state index in [0.29, 0.717) is 13.2 Å². The van der Waals surface area contributed by atoms with Crippen LogP contribution in [-0.2, 0) is 32.6 Å². The van der Waals surface area contributed by atoms with Crippen LogP contribution >= 0.6 is 7.82 Å². The van der Waals surface area contributed by atoms with Crippen molar-refractivity contribution in [2.24, 2.45) is 5.73 Å². The molecular weight excluding hydrogens is 657 g/mol. The zero-order valence-corrected chi connectivity index (χ0v) is 29.3. The van der Waals surface area contributed by atoms with E-state index in [1.165, 1.54) is 19.3 Å². The number of ether oxygens (including phenoxy) is 4. The molecule has 2 rings (SSSR count). The van der Waals surface area contributed by atoms with Gasteiger partial charge in [-0.2, -0.15) is 0 Å². The van der Waals surface area contributed by atoms with Gasteiger partial charge in [0.2, 0.25) is 0 Å². The Morgan fingerprint density at radius 3 is 1.83 bits per heavy atom. The molecule has 10 N–H and O–H groups in total. The molecule has 2 aliphatic rings. The van der Waals surface area contributed by atoms with E-state index in [9.17, 15) is 45.2 Å². The predicted octanol–water partition coefficient (Wildman–Crippen LogP) is 0.220. The third-order valence-corrected chi connectivity index (χ3v) is 9.73. The molecule has 1 aliphatic carbocycles. The molecule has 17 heteroatoms. The van der Waals surface area contributed by atoms with Crippen LogP contribution < -0.4 is 5.73 Å². The van der Waals surface area contributed by atoms with Gasteiger partial charge in [-0.25, -0.2) is 4.57 Å². The quantitative estimate of drug-likeness (QED) is 0.0452. The smallest absolute Gasteiger partial charge is 0.394 e. The van der Waals surface area contributed by atoms with E-state index in [1.807, 2.05) is 0 Å². The van der Waals surface area contributed by atoms with Gasteiger partial charge in [-0.05, 0) is 12.8 Å². The van der Waals surface area contributed by atoms with Crippen LogP contribution in [0.15, 0.2) is 0 Å². The van der Waals surface area contributed by atoms with Crippen LogP contribution in [0.3, 0.4) is 0 Å². The lowest BCUT2D eigenvalue weighted by molar-refractivity contribution is -0.315. The van der Waals surface area contributed by atoms with Crippen molar-refractivity contribution in [1.82, 2.24) is 0 Å². The molecule has 0 spiro atoms. The second-order valence-corrected chi connectivity index (χ2v) is 14.2. The topological polar surface area (TPSA) is 260 Å². The second-order valence-electron chi connectivity index (χ2n) is 12.8. The zero-order chi connectivity index (χ0) is 35.7. The maximum atomic E-state index is 13.2. The van der Waals surface area contributed by atoms with Gasteiger partial charge in [0.05, 0.1) is 25.9 Å². The average molecular weight is 720 g/mol. The molecule has 2 fully saturated rings. The fourth-order valence-corrected chi connectivity index (χ4v) is 6.65. The molecule has 0 aromatic carbocycles. The minimum Gasteiger partial charge on any atom is -0.394 e. The van der Waals surface area contributed by atoms with Crippen molar-refractivity contribution in [1.29, 1.82) is 0 Å². The van der Waals surface area contributed by atoms with Crippen LogP contribution in [0, 0.1) is 0 Å². The van der Waals surface area contributed by atoms with Crippen LogP contribution in [0.25, 0.3) is 0 Å². The molecule has 1 unspecified atom stereocenters. The summed E-state index contributed by atoms with van der Waals surface area (Å²) in [5.41, 5.74) is 5.92. The Labute approximate surface area is 284 Å². The fraction of sp³-hybridized carbons (Fsp3) is 1.00. The van der Waals surface area contributed by atoms with Gasteiger partial charge in [0.25, 0.3) is 0 Å². The summed E-state index contributed by atoms with van der Waals surface area (Å²) >= 11 is 0. The summed E-state index contributed by atoms with van der Waals surface area (Å²) in [4.78, 5) is 10.7. The summed E-state index contributed by atoms with van der Waals surface area (Å²) in [6.07, 6.45) is -6.11. The SMILES string of the molecule is CCCCCCCCOC[C@H](COP(=O)(O)O[C@@H]1[C@H](O)[C@H](O)[C@@H](O)[C@H](O)[C@H]1O[C@H]1O[C@H](CO)[C@@H](O)[C@H](O)[C@H]1N)OCCCCCCCC. The number of rotatable bonds is 25. The Kier molecular flexibility index (Phi) is 21.2. The first-order valence-electron chi connectivity index (χ1n) is 17.5. The van der Waals surface area contributed by atoms with Crippen molar-refractivity contribution < 1.29 is 73.2 Å². The van der Waals surface area contributed by atoms with Gasteiger partial charge in [-0.1, -0.05) is 78.1 Å². The molecule has 0 amide bonds. The van der Waals surface area contributed by atoms with Gasteiger partial charge < -0.3 is 65.3 Å². The Morgan fingerprint density at radius 2 is 1.25 bits per heavy atom. The minimum absolute atomic E-state index is 0.0866. The summed E-state index contributed by atoms with van der Waals surface area (Å²) in [6, 6.07) is -1.45. The molecular formula is C31H62NO15P. The van der Waals surface area contributed by atoms with E-state index >= 15 is 0 Å². The van der Waals surface area contributed by atoms with Crippen molar-refractivity contribution in [3.05, 3.63) is 0 Å². The average Bonchev–Trinajstić information content (AvgIpc) is 3.07. The van der Waals surface area contributed by atoms with E-state index in [2.05, 4.69) is 13.8 Å². The van der Waals surface area contributed by atoms with Crippen LogP contribution in [-0.4, -0.2) is 147 Å². The normalized spacial score (nSPS) is 34.6. The van der Waals surface area contributed by atoms with Crippen molar-refractivity contribution in [2.45, 2.75) is 164 Å². The first kappa shape index (κ1) is 43.8. The molecule has 0 aromatic heterocycles. The lowest BCUT2D eigenvalue weighted by atomic mass is 9.84. The maximum absolute atomic E-state index is 13.2. The van der Waals surface area contributed by atoms with Gasteiger partial charge >= 0.3 is 7.82 Å². The summed E-state index contributed by atoms with van der Waals surface area (Å²) in [5, 5.41) is 72.0. The molecule has 13 atom stereocenters. The van der Waals surface area contributed by atoms with Gasteiger partial charge in [0.1, 0.15) is 61.0 Å². The lowest BCUT2D eigenvalue weighted by Gasteiger charge is -2.47. The van der Waals surface area contributed by atoms with Gasteiger partial charge in [0.15, 0.2) is 6.29 Å². The second kappa shape index (κ2) is 23.2. The highest BCUT2D eigenvalue weighted by Gasteiger charge is 2.55. The van der Waals surface area contributed by atoms with E-state index in [1.54, 1.807) is 0 Å². The van der Waals surface area contributed by atoms with Gasteiger partial charge in [0, 0.05) is 13.2 Å². The zero-order valence-electron chi connectivity index (χ0n) is 28.4. The number of hydrogen-bond acceptors (Lipinski definition) is 15. The molecule has 0 aromatic rings. The summed E-state index contributed by atoms with van der Waals surface area (Å²) in [7, 11) is -5.07. The van der Waals surface area contributed by atoms with Crippen LogP contribution in [0.5, 0.6) is 0 Å². The Bertz CT molecular complexity index is 891. The van der Waals surface area contributed by atoms with Gasteiger partial charge in [-0.3, -0.25) is 9.05 Å². The van der Waals surface area contributed by atoms with Gasteiger partial charge in [-0.15, -0.1) is 0 Å². The fourth-order valence-electron chi connectivity index (χ4n) is 5.68. The lowest BCUT2D eigenvalue weighted by Crippen LogP contribution is -2.68. The van der Waals surface area contributed by atoms with Crippen LogP contribution in [0.1, 0.15) is 90.9 Å². The maximum Gasteiger partial charge on any atom is 0.472 e. The third-order valence-electron chi connectivity index (χ3n) is 8.74. The van der Waals surface area contributed by atoms with Crippen molar-refractivity contribution in [2.75, 3.05) is 33.0 Å². The van der Waals surface area contributed by atoms with Crippen molar-refractivity contribution >= 4 is 7.82 Å². The van der Waals surface area contributed by atoms with E-state index in [-0.39, 0.29) is 6.61 Å². The molecule has 0 bridgehead atoms. The number of aliphatic hydroxyl groups is 7. The molecule has 16 nitrogen and oxygen atoms in total. The first-order valence-corrected chi connectivity index (χ1v) is 19.0. The van der Waals surface area contributed by atoms with E-state index in [0.717, 1.165) is 57.8 Å². The number of phosphoric ester groups is 1. The standard InChI is InChI=1S/C31H62NO15P/c1-3-5-7-9-11-13-15-42-18-20(43-16-14-12-10-8-6-4-2)19-44-48(40,41)47-30-28(39)26(37)25(36)27(38)29(30)46-31-22(32)24(35)23(34)21(17-33)45-31/h20-31,33-39H,3-19,32H2,1-2H3,(H,40,41)/t20-,21-,22-,23-,24-,25-,26-,27+,28-,29-,30-,31-/m1/s1. The van der Waals surface area contributed by atoms with Crippen LogP contribution in [0.2, 0.25) is 0 Å². The molecule has 1 saturated carbocycles. The molecule has 286 valence electrons.